The monoisotopic (exact) mass is 327 g/mol. The third-order valence-corrected chi connectivity index (χ3v) is 5.89. The molecule has 1 aliphatic carbocycles. The molecule has 4 heteroatoms. The van der Waals surface area contributed by atoms with E-state index in [2.05, 4.69) is 48.3 Å². The highest BCUT2D eigenvalue weighted by Crippen LogP contribution is 2.50. The third-order valence-electron chi connectivity index (χ3n) is 5.89. The quantitative estimate of drug-likeness (QED) is 0.683. The van der Waals surface area contributed by atoms with Crippen molar-refractivity contribution in [3.8, 4) is 0 Å². The molecule has 0 amide bonds. The highest BCUT2D eigenvalue weighted by atomic mass is 16.5. The molecule has 0 aromatic heterocycles. The molecule has 2 aliphatic heterocycles. The van der Waals surface area contributed by atoms with Crippen LogP contribution in [0, 0.1) is 5.41 Å². The van der Waals surface area contributed by atoms with E-state index < -0.39 is 0 Å². The van der Waals surface area contributed by atoms with Crippen molar-refractivity contribution in [3.05, 3.63) is 29.8 Å². The predicted octanol–water partition coefficient (Wildman–Crippen LogP) is 3.32. The van der Waals surface area contributed by atoms with Gasteiger partial charge in [0, 0.05) is 29.6 Å². The van der Waals surface area contributed by atoms with E-state index in [1.54, 1.807) is 0 Å². The van der Waals surface area contributed by atoms with Crippen molar-refractivity contribution in [2.75, 3.05) is 37.7 Å². The summed E-state index contributed by atoms with van der Waals surface area (Å²) in [6.07, 6.45) is 5.33. The number of aliphatic imine (C=N–C) groups is 1. The maximum absolute atomic E-state index is 5.38. The molecule has 1 spiro atoms. The second-order valence-corrected chi connectivity index (χ2v) is 8.06. The van der Waals surface area contributed by atoms with Crippen LogP contribution in [0.15, 0.2) is 29.3 Å². The van der Waals surface area contributed by atoms with E-state index in [-0.39, 0.29) is 5.41 Å². The first-order valence-electron chi connectivity index (χ1n) is 9.39. The Morgan fingerprint density at radius 1 is 1.25 bits per heavy atom. The summed E-state index contributed by atoms with van der Waals surface area (Å²) in [5.41, 5.74) is 3.45. The molecule has 3 aliphatic rings. The number of benzene rings is 1. The SMILES string of the molecule is CCNC(=NCC1(C)COC1)N1CC2(CCCC2)c2ccccc21. The molecule has 0 bridgehead atoms. The van der Waals surface area contributed by atoms with Crippen molar-refractivity contribution < 1.29 is 4.74 Å². The lowest BCUT2D eigenvalue weighted by atomic mass is 9.81. The van der Waals surface area contributed by atoms with E-state index >= 15 is 0 Å². The van der Waals surface area contributed by atoms with Gasteiger partial charge >= 0.3 is 0 Å². The summed E-state index contributed by atoms with van der Waals surface area (Å²) in [5, 5.41) is 3.53. The fraction of sp³-hybridized carbons (Fsp3) is 0.650. The van der Waals surface area contributed by atoms with Crippen LogP contribution in [-0.2, 0) is 10.2 Å². The van der Waals surface area contributed by atoms with Crippen molar-refractivity contribution in [2.45, 2.75) is 44.9 Å². The van der Waals surface area contributed by atoms with E-state index in [1.165, 1.54) is 36.9 Å². The molecule has 0 unspecified atom stereocenters. The number of anilines is 1. The van der Waals surface area contributed by atoms with Crippen molar-refractivity contribution in [1.82, 2.24) is 5.32 Å². The van der Waals surface area contributed by atoms with Crippen molar-refractivity contribution >= 4 is 11.6 Å². The Morgan fingerprint density at radius 3 is 2.67 bits per heavy atom. The minimum absolute atomic E-state index is 0.213. The van der Waals surface area contributed by atoms with Gasteiger partial charge in [-0.25, -0.2) is 0 Å². The Hall–Kier alpha value is -1.55. The topological polar surface area (TPSA) is 36.9 Å². The van der Waals surface area contributed by atoms with Crippen LogP contribution in [0.1, 0.15) is 45.1 Å². The summed E-state index contributed by atoms with van der Waals surface area (Å²) in [5.74, 6) is 1.04. The van der Waals surface area contributed by atoms with E-state index in [0.29, 0.717) is 5.41 Å². The minimum atomic E-state index is 0.213. The van der Waals surface area contributed by atoms with E-state index in [9.17, 15) is 0 Å². The lowest BCUT2D eigenvalue weighted by Crippen LogP contribution is -2.46. The summed E-state index contributed by atoms with van der Waals surface area (Å²) in [7, 11) is 0. The smallest absolute Gasteiger partial charge is 0.198 e. The van der Waals surface area contributed by atoms with Crippen LogP contribution in [-0.4, -0.2) is 38.8 Å². The van der Waals surface area contributed by atoms with Gasteiger partial charge in [0.1, 0.15) is 0 Å². The number of ether oxygens (including phenoxy) is 1. The zero-order chi connectivity index (χ0) is 16.6. The molecule has 1 N–H and O–H groups in total. The van der Waals surface area contributed by atoms with Crippen LogP contribution < -0.4 is 10.2 Å². The highest BCUT2D eigenvalue weighted by Gasteiger charge is 2.45. The Bertz CT molecular complexity index is 630. The molecule has 0 atom stereocenters. The summed E-state index contributed by atoms with van der Waals surface area (Å²) in [6, 6.07) is 8.96. The van der Waals surface area contributed by atoms with Gasteiger partial charge in [-0.2, -0.15) is 0 Å². The largest absolute Gasteiger partial charge is 0.380 e. The summed E-state index contributed by atoms with van der Waals surface area (Å²) in [4.78, 5) is 7.43. The van der Waals surface area contributed by atoms with Crippen LogP contribution >= 0.6 is 0 Å². The fourth-order valence-corrected chi connectivity index (χ4v) is 4.50. The zero-order valence-corrected chi connectivity index (χ0v) is 15.0. The van der Waals surface area contributed by atoms with Gasteiger partial charge in [0.15, 0.2) is 5.96 Å². The number of guanidine groups is 1. The second kappa shape index (κ2) is 6.07. The maximum Gasteiger partial charge on any atom is 0.198 e. The molecule has 4 nitrogen and oxygen atoms in total. The van der Waals surface area contributed by atoms with Crippen LogP contribution in [0.5, 0.6) is 0 Å². The van der Waals surface area contributed by atoms with Crippen molar-refractivity contribution in [2.24, 2.45) is 10.4 Å². The van der Waals surface area contributed by atoms with Crippen molar-refractivity contribution in [1.29, 1.82) is 0 Å². The van der Waals surface area contributed by atoms with Gasteiger partial charge in [0.2, 0.25) is 0 Å². The number of nitrogens with zero attached hydrogens (tertiary/aromatic N) is 2. The number of rotatable bonds is 3. The Kier molecular flexibility index (Phi) is 4.03. The molecule has 24 heavy (non-hydrogen) atoms. The zero-order valence-electron chi connectivity index (χ0n) is 15.0. The first-order chi connectivity index (χ1) is 11.7. The van der Waals surface area contributed by atoms with Crippen molar-refractivity contribution in [3.63, 3.8) is 0 Å². The van der Waals surface area contributed by atoms with Gasteiger partial charge in [-0.3, -0.25) is 4.99 Å². The Balaban J connectivity index is 1.64. The van der Waals surface area contributed by atoms with Crippen LogP contribution in [0.4, 0.5) is 5.69 Å². The van der Waals surface area contributed by atoms with Crippen LogP contribution in [0.2, 0.25) is 0 Å². The van der Waals surface area contributed by atoms with Gasteiger partial charge in [-0.1, -0.05) is 38.0 Å². The molecular formula is C20H29N3O. The van der Waals surface area contributed by atoms with Gasteiger partial charge in [-0.05, 0) is 31.4 Å². The average molecular weight is 327 g/mol. The number of nitrogens with one attached hydrogen (secondary N) is 1. The minimum Gasteiger partial charge on any atom is -0.380 e. The van der Waals surface area contributed by atoms with E-state index in [0.717, 1.165) is 38.8 Å². The first kappa shape index (κ1) is 15.9. The molecule has 2 heterocycles. The highest BCUT2D eigenvalue weighted by molar-refractivity contribution is 5.98. The van der Waals surface area contributed by atoms with E-state index in [1.807, 2.05) is 0 Å². The van der Waals surface area contributed by atoms with Gasteiger partial charge in [0.05, 0.1) is 19.8 Å². The third kappa shape index (κ3) is 2.61. The van der Waals surface area contributed by atoms with Gasteiger partial charge < -0.3 is 15.0 Å². The molecule has 1 aromatic carbocycles. The standard InChI is InChI=1S/C20H29N3O/c1-3-21-18(22-12-19(2)14-24-15-19)23-13-20(10-6-7-11-20)16-8-4-5-9-17(16)23/h4-5,8-9H,3,6-7,10-15H2,1-2H3,(H,21,22). The molecule has 4 rings (SSSR count). The average Bonchev–Trinajstić information content (AvgIpc) is 3.17. The normalized spacial score (nSPS) is 24.1. The van der Waals surface area contributed by atoms with E-state index in [4.69, 9.17) is 9.73 Å². The Morgan fingerprint density at radius 2 is 2.00 bits per heavy atom. The summed E-state index contributed by atoms with van der Waals surface area (Å²) < 4.78 is 5.38. The lowest BCUT2D eigenvalue weighted by Gasteiger charge is -2.37. The van der Waals surface area contributed by atoms with Gasteiger partial charge in [0.25, 0.3) is 0 Å². The molecule has 0 radical (unpaired) electrons. The molecule has 1 aromatic rings. The molecule has 1 saturated heterocycles. The number of hydrogen-bond acceptors (Lipinski definition) is 2. The second-order valence-electron chi connectivity index (χ2n) is 8.06. The molecule has 130 valence electrons. The Labute approximate surface area is 145 Å². The van der Waals surface area contributed by atoms with Crippen LogP contribution in [0.3, 0.4) is 0 Å². The predicted molar refractivity (Wildman–Crippen MR) is 98.8 cm³/mol. The number of fused-ring (bicyclic) bond motifs is 2. The number of hydrogen-bond donors (Lipinski definition) is 1. The first-order valence-corrected chi connectivity index (χ1v) is 9.39. The molecule has 2 fully saturated rings. The van der Waals surface area contributed by atoms with Gasteiger partial charge in [-0.15, -0.1) is 0 Å². The lowest BCUT2D eigenvalue weighted by molar-refractivity contribution is -0.0945. The fourth-order valence-electron chi connectivity index (χ4n) is 4.50. The molecule has 1 saturated carbocycles. The maximum atomic E-state index is 5.38. The molecular weight excluding hydrogens is 298 g/mol. The number of para-hydroxylation sites is 1. The summed E-state index contributed by atoms with van der Waals surface area (Å²) in [6.45, 7) is 8.88. The summed E-state index contributed by atoms with van der Waals surface area (Å²) >= 11 is 0. The van der Waals surface area contributed by atoms with Crippen LogP contribution in [0.25, 0.3) is 0 Å².